The first-order chi connectivity index (χ1) is 15.8. The fraction of sp³-hybridized carbons (Fsp3) is 0.231. The van der Waals surface area contributed by atoms with Crippen LogP contribution in [0.3, 0.4) is 0 Å². The molecule has 7 heteroatoms. The average molecular weight is 466 g/mol. The summed E-state index contributed by atoms with van der Waals surface area (Å²) in [5.74, 6) is -1.02. The smallest absolute Gasteiger partial charge is 0.296 e. The van der Waals surface area contributed by atoms with Gasteiger partial charge in [-0.15, -0.1) is 0 Å². The molecule has 1 N–H and O–H groups in total. The van der Waals surface area contributed by atoms with Crippen molar-refractivity contribution in [2.75, 3.05) is 6.61 Å². The van der Waals surface area contributed by atoms with E-state index in [0.29, 0.717) is 18.1 Å². The van der Waals surface area contributed by atoms with E-state index in [1.54, 1.807) is 30.3 Å². The minimum Gasteiger partial charge on any atom is -0.507 e. The minimum absolute atomic E-state index is 0.0733. The molecule has 0 spiro atoms. The summed E-state index contributed by atoms with van der Waals surface area (Å²) >= 11 is 6.35. The largest absolute Gasteiger partial charge is 0.507 e. The molecule has 6 nitrogen and oxygen atoms in total. The first-order valence-corrected chi connectivity index (χ1v) is 11.0. The molecule has 0 bridgehead atoms. The van der Waals surface area contributed by atoms with E-state index in [-0.39, 0.29) is 28.5 Å². The number of halogens is 1. The maximum absolute atomic E-state index is 13.2. The molecule has 3 aromatic rings. The second-order valence-electron chi connectivity index (χ2n) is 7.95. The molecule has 2 heterocycles. The summed E-state index contributed by atoms with van der Waals surface area (Å²) in [7, 11) is 0. The molecule has 170 valence electrons. The maximum atomic E-state index is 13.2. The Kier molecular flexibility index (Phi) is 6.29. The second kappa shape index (κ2) is 9.16. The number of hydrogen-bond acceptors (Lipinski definition) is 5. The number of amides is 1. The Morgan fingerprint density at radius 1 is 1.15 bits per heavy atom. The lowest BCUT2D eigenvalue weighted by Crippen LogP contribution is -2.29. The number of aliphatic hydroxyl groups excluding tert-OH is 1. The first-order valence-electron chi connectivity index (χ1n) is 10.6. The number of ether oxygens (including phenoxy) is 1. The minimum atomic E-state index is -0.897. The monoisotopic (exact) mass is 465 g/mol. The Bertz CT molecular complexity index is 1250. The number of furan rings is 1. The summed E-state index contributed by atoms with van der Waals surface area (Å²) in [5.41, 5.74) is 3.08. The fourth-order valence-electron chi connectivity index (χ4n) is 4.03. The van der Waals surface area contributed by atoms with Crippen molar-refractivity contribution < 1.29 is 23.8 Å². The van der Waals surface area contributed by atoms with Crippen molar-refractivity contribution in [2.24, 2.45) is 0 Å². The van der Waals surface area contributed by atoms with Gasteiger partial charge in [-0.25, -0.2) is 0 Å². The third-order valence-corrected chi connectivity index (χ3v) is 6.03. The zero-order valence-corrected chi connectivity index (χ0v) is 19.3. The van der Waals surface area contributed by atoms with Gasteiger partial charge in [0.15, 0.2) is 0 Å². The van der Waals surface area contributed by atoms with Crippen molar-refractivity contribution in [3.63, 3.8) is 0 Å². The number of aliphatic hydroxyl groups is 1. The number of aryl methyl sites for hydroxylation is 2. The lowest BCUT2D eigenvalue weighted by Gasteiger charge is -2.24. The van der Waals surface area contributed by atoms with Crippen LogP contribution in [-0.4, -0.2) is 28.3 Å². The Labute approximate surface area is 197 Å². The number of nitrogens with zero attached hydrogens (tertiary/aromatic N) is 1. The average Bonchev–Trinajstić information content (AvgIpc) is 3.40. The first kappa shape index (κ1) is 22.7. The van der Waals surface area contributed by atoms with Crippen LogP contribution in [0, 0.1) is 13.8 Å². The summed E-state index contributed by atoms with van der Waals surface area (Å²) in [4.78, 5) is 27.7. The highest BCUT2D eigenvalue weighted by Gasteiger charge is 2.47. The van der Waals surface area contributed by atoms with E-state index in [4.69, 9.17) is 20.8 Å². The van der Waals surface area contributed by atoms with Gasteiger partial charge in [-0.1, -0.05) is 35.4 Å². The molecule has 1 aliphatic heterocycles. The van der Waals surface area contributed by atoms with Crippen LogP contribution in [0.1, 0.15) is 41.0 Å². The maximum Gasteiger partial charge on any atom is 0.296 e. The molecule has 0 saturated carbocycles. The van der Waals surface area contributed by atoms with Gasteiger partial charge in [-0.2, -0.15) is 0 Å². The number of carbonyl (C=O) groups excluding carboxylic acids is 2. The summed E-state index contributed by atoms with van der Waals surface area (Å²) in [6.45, 7) is 6.37. The number of hydrogen-bond donors (Lipinski definition) is 1. The van der Waals surface area contributed by atoms with E-state index in [2.05, 4.69) is 0 Å². The van der Waals surface area contributed by atoms with Crippen molar-refractivity contribution in [1.82, 2.24) is 4.90 Å². The Morgan fingerprint density at radius 3 is 2.64 bits per heavy atom. The van der Waals surface area contributed by atoms with E-state index in [1.807, 2.05) is 39.0 Å². The van der Waals surface area contributed by atoms with Crippen LogP contribution in [-0.2, 0) is 16.1 Å². The Hall–Kier alpha value is -3.51. The van der Waals surface area contributed by atoms with Crippen molar-refractivity contribution in [3.05, 3.63) is 93.4 Å². The number of likely N-dealkylation sites (tertiary alicyclic amines) is 1. The quantitative estimate of drug-likeness (QED) is 0.292. The molecule has 1 unspecified atom stereocenters. The molecule has 1 atom stereocenters. The SMILES string of the molecule is CCOc1ccc(Cl)c(/C(O)=C2/C(=O)C(=O)N(Cc3cc(C)ccc3C)C2c2ccco2)c1. The molecule has 4 rings (SSSR count). The summed E-state index contributed by atoms with van der Waals surface area (Å²) in [6, 6.07) is 13.2. The normalized spacial score (nSPS) is 17.6. The third kappa shape index (κ3) is 4.26. The number of ketones is 1. The molecular formula is C26H24ClNO5. The predicted octanol–water partition coefficient (Wildman–Crippen LogP) is 5.57. The van der Waals surface area contributed by atoms with Crippen molar-refractivity contribution in [1.29, 1.82) is 0 Å². The molecule has 1 aromatic heterocycles. The lowest BCUT2D eigenvalue weighted by atomic mass is 9.98. The highest BCUT2D eigenvalue weighted by molar-refractivity contribution is 6.46. The molecule has 0 radical (unpaired) electrons. The zero-order chi connectivity index (χ0) is 23.7. The highest BCUT2D eigenvalue weighted by Crippen LogP contribution is 2.42. The van der Waals surface area contributed by atoms with Crippen LogP contribution >= 0.6 is 11.6 Å². The number of Topliss-reactive ketones (excluding diaryl/α,β-unsaturated/α-hetero) is 1. The van der Waals surface area contributed by atoms with Gasteiger partial charge in [0.1, 0.15) is 23.3 Å². The van der Waals surface area contributed by atoms with Gasteiger partial charge in [0.25, 0.3) is 11.7 Å². The van der Waals surface area contributed by atoms with E-state index >= 15 is 0 Å². The Balaban J connectivity index is 1.86. The summed E-state index contributed by atoms with van der Waals surface area (Å²) in [6.07, 6.45) is 1.47. The molecule has 1 fully saturated rings. The molecule has 1 saturated heterocycles. The molecule has 1 aliphatic rings. The molecule has 33 heavy (non-hydrogen) atoms. The topological polar surface area (TPSA) is 80.0 Å². The van der Waals surface area contributed by atoms with Crippen molar-refractivity contribution in [3.8, 4) is 5.75 Å². The lowest BCUT2D eigenvalue weighted by molar-refractivity contribution is -0.140. The van der Waals surface area contributed by atoms with Crippen LogP contribution in [0.2, 0.25) is 5.02 Å². The molecular weight excluding hydrogens is 442 g/mol. The van der Waals surface area contributed by atoms with Crippen LogP contribution in [0.15, 0.2) is 64.8 Å². The van der Waals surface area contributed by atoms with Gasteiger partial charge in [-0.05, 0) is 62.2 Å². The fourth-order valence-corrected chi connectivity index (χ4v) is 4.23. The van der Waals surface area contributed by atoms with E-state index in [9.17, 15) is 14.7 Å². The van der Waals surface area contributed by atoms with Gasteiger partial charge in [0, 0.05) is 12.1 Å². The van der Waals surface area contributed by atoms with Gasteiger partial charge < -0.3 is 19.2 Å². The number of rotatable bonds is 6. The van der Waals surface area contributed by atoms with Gasteiger partial charge in [0.05, 0.1) is 23.5 Å². The van der Waals surface area contributed by atoms with Crippen LogP contribution in [0.25, 0.3) is 5.76 Å². The van der Waals surface area contributed by atoms with Crippen LogP contribution in [0.4, 0.5) is 0 Å². The van der Waals surface area contributed by atoms with Gasteiger partial charge in [-0.3, -0.25) is 9.59 Å². The third-order valence-electron chi connectivity index (χ3n) is 5.70. The molecule has 0 aliphatic carbocycles. The summed E-state index contributed by atoms with van der Waals surface area (Å²) in [5, 5.41) is 11.5. The number of carbonyl (C=O) groups is 2. The van der Waals surface area contributed by atoms with Crippen molar-refractivity contribution in [2.45, 2.75) is 33.4 Å². The van der Waals surface area contributed by atoms with E-state index in [1.165, 1.54) is 11.2 Å². The van der Waals surface area contributed by atoms with Crippen LogP contribution < -0.4 is 4.74 Å². The van der Waals surface area contributed by atoms with Crippen LogP contribution in [0.5, 0.6) is 5.75 Å². The molecule has 2 aromatic carbocycles. The van der Waals surface area contributed by atoms with Gasteiger partial charge >= 0.3 is 0 Å². The number of benzene rings is 2. The van der Waals surface area contributed by atoms with E-state index in [0.717, 1.165) is 16.7 Å². The van der Waals surface area contributed by atoms with E-state index < -0.39 is 17.7 Å². The predicted molar refractivity (Wildman–Crippen MR) is 125 cm³/mol. The Morgan fingerprint density at radius 2 is 1.94 bits per heavy atom. The summed E-state index contributed by atoms with van der Waals surface area (Å²) < 4.78 is 11.1. The second-order valence-corrected chi connectivity index (χ2v) is 8.35. The highest BCUT2D eigenvalue weighted by atomic mass is 35.5. The van der Waals surface area contributed by atoms with Crippen molar-refractivity contribution >= 4 is 29.1 Å². The standard InChI is InChI=1S/C26H24ClNO5/c1-4-32-18-9-10-20(27)19(13-18)24(29)22-23(21-6-5-11-33-21)28(26(31)25(22)30)14-17-12-15(2)7-8-16(17)3/h5-13,23,29H,4,14H2,1-3H3/b24-22-. The van der Waals surface area contributed by atoms with Gasteiger partial charge in [0.2, 0.25) is 0 Å². The molecule has 1 amide bonds. The zero-order valence-electron chi connectivity index (χ0n) is 18.6.